The van der Waals surface area contributed by atoms with Crippen molar-refractivity contribution in [2.24, 2.45) is 0 Å². The Morgan fingerprint density at radius 3 is 2.52 bits per heavy atom. The summed E-state index contributed by atoms with van der Waals surface area (Å²) in [4.78, 5) is 24.8. The predicted octanol–water partition coefficient (Wildman–Crippen LogP) is 4.56. The third-order valence-electron chi connectivity index (χ3n) is 4.43. The van der Waals surface area contributed by atoms with Crippen molar-refractivity contribution in [2.75, 3.05) is 6.26 Å². The highest BCUT2D eigenvalue weighted by molar-refractivity contribution is 7.98. The molecule has 0 radical (unpaired) electrons. The number of esters is 1. The average Bonchev–Trinajstić information content (AvgIpc) is 3.20. The van der Waals surface area contributed by atoms with E-state index in [2.05, 4.69) is 20.1 Å². The van der Waals surface area contributed by atoms with Gasteiger partial charge in [-0.15, -0.1) is 0 Å². The monoisotopic (exact) mass is 452 g/mol. The SMILES string of the molecule is CSc1nc(C)c(CCC(=O)OCc2nc(-c3cccc(C(F)(F)F)c3)no2)c(C)n1. The minimum absolute atomic E-state index is 0.0132. The highest BCUT2D eigenvalue weighted by Gasteiger charge is 2.30. The molecule has 0 spiro atoms. The number of nitrogens with zero attached hydrogens (tertiary/aromatic N) is 4. The summed E-state index contributed by atoms with van der Waals surface area (Å²) in [5.74, 6) is -0.512. The maximum absolute atomic E-state index is 12.9. The van der Waals surface area contributed by atoms with E-state index in [0.29, 0.717) is 11.6 Å². The van der Waals surface area contributed by atoms with Crippen LogP contribution in [-0.2, 0) is 28.7 Å². The molecule has 0 N–H and O–H groups in total. The van der Waals surface area contributed by atoms with E-state index in [4.69, 9.17) is 9.26 Å². The zero-order valence-electron chi connectivity index (χ0n) is 17.0. The summed E-state index contributed by atoms with van der Waals surface area (Å²) in [6.45, 7) is 3.45. The molecule has 7 nitrogen and oxygen atoms in total. The maximum atomic E-state index is 12.9. The Kier molecular flexibility index (Phi) is 6.94. The molecule has 0 saturated carbocycles. The first kappa shape index (κ1) is 22.7. The van der Waals surface area contributed by atoms with Crippen LogP contribution in [0.5, 0.6) is 0 Å². The molecule has 3 aromatic rings. The van der Waals surface area contributed by atoms with Gasteiger partial charge in [0, 0.05) is 23.4 Å². The van der Waals surface area contributed by atoms with Crippen molar-refractivity contribution in [2.45, 2.75) is 44.6 Å². The Hall–Kier alpha value is -2.95. The van der Waals surface area contributed by atoms with Gasteiger partial charge in [0.2, 0.25) is 5.82 Å². The lowest BCUT2D eigenvalue weighted by molar-refractivity contribution is -0.145. The second-order valence-electron chi connectivity index (χ2n) is 6.61. The Balaban J connectivity index is 1.57. The number of halogens is 3. The van der Waals surface area contributed by atoms with Gasteiger partial charge < -0.3 is 9.26 Å². The molecule has 164 valence electrons. The van der Waals surface area contributed by atoms with Crippen LogP contribution in [0.1, 0.15) is 34.8 Å². The number of benzene rings is 1. The second-order valence-corrected chi connectivity index (χ2v) is 7.38. The Morgan fingerprint density at radius 1 is 1.16 bits per heavy atom. The molecule has 0 amide bonds. The van der Waals surface area contributed by atoms with Gasteiger partial charge in [0.1, 0.15) is 0 Å². The lowest BCUT2D eigenvalue weighted by atomic mass is 10.1. The van der Waals surface area contributed by atoms with Crippen LogP contribution in [0.4, 0.5) is 13.2 Å². The number of aryl methyl sites for hydroxylation is 2. The summed E-state index contributed by atoms with van der Waals surface area (Å²) in [5, 5.41) is 4.33. The fraction of sp³-hybridized carbons (Fsp3) is 0.350. The second kappa shape index (κ2) is 9.46. The van der Waals surface area contributed by atoms with E-state index in [1.807, 2.05) is 20.1 Å². The smallest absolute Gasteiger partial charge is 0.416 e. The molecule has 0 aliphatic rings. The van der Waals surface area contributed by atoms with Crippen molar-refractivity contribution in [1.29, 1.82) is 0 Å². The van der Waals surface area contributed by atoms with Crippen molar-refractivity contribution in [3.63, 3.8) is 0 Å². The van der Waals surface area contributed by atoms with E-state index >= 15 is 0 Å². The standard InChI is InChI=1S/C20H19F3N4O3S/c1-11-15(12(2)25-19(24-11)31-3)7-8-17(28)29-10-16-26-18(27-30-16)13-5-4-6-14(9-13)20(21,22)23/h4-6,9H,7-8,10H2,1-3H3. The molecule has 3 rings (SSSR count). The molecule has 0 aliphatic heterocycles. The van der Waals surface area contributed by atoms with Gasteiger partial charge in [0.25, 0.3) is 5.89 Å². The van der Waals surface area contributed by atoms with E-state index < -0.39 is 17.7 Å². The minimum Gasteiger partial charge on any atom is -0.456 e. The number of carbonyl (C=O) groups excluding carboxylic acids is 1. The Labute approximate surface area is 180 Å². The fourth-order valence-corrected chi connectivity index (χ4v) is 3.33. The molecule has 0 bridgehead atoms. The summed E-state index contributed by atoms with van der Waals surface area (Å²) in [7, 11) is 0. The van der Waals surface area contributed by atoms with Crippen LogP contribution in [0.25, 0.3) is 11.4 Å². The molecule has 2 aromatic heterocycles. The van der Waals surface area contributed by atoms with Crippen molar-refractivity contribution in [1.82, 2.24) is 20.1 Å². The summed E-state index contributed by atoms with van der Waals surface area (Å²) in [6.07, 6.45) is -2.06. The zero-order valence-corrected chi connectivity index (χ0v) is 17.8. The predicted molar refractivity (Wildman–Crippen MR) is 106 cm³/mol. The van der Waals surface area contributed by atoms with Crippen LogP contribution in [0.3, 0.4) is 0 Å². The van der Waals surface area contributed by atoms with E-state index in [9.17, 15) is 18.0 Å². The number of aromatic nitrogens is 4. The molecular formula is C20H19F3N4O3S. The molecule has 0 saturated heterocycles. The van der Waals surface area contributed by atoms with Crippen molar-refractivity contribution >= 4 is 17.7 Å². The lowest BCUT2D eigenvalue weighted by Gasteiger charge is -2.09. The van der Waals surface area contributed by atoms with Gasteiger partial charge in [0.05, 0.1) is 5.56 Å². The topological polar surface area (TPSA) is 91.0 Å². The number of thioether (sulfide) groups is 1. The van der Waals surface area contributed by atoms with Gasteiger partial charge >= 0.3 is 12.1 Å². The van der Waals surface area contributed by atoms with Crippen molar-refractivity contribution in [3.05, 3.63) is 52.7 Å². The molecule has 0 aliphatic carbocycles. The molecular weight excluding hydrogens is 433 g/mol. The van der Waals surface area contributed by atoms with E-state index in [1.165, 1.54) is 23.9 Å². The lowest BCUT2D eigenvalue weighted by Crippen LogP contribution is -2.09. The van der Waals surface area contributed by atoms with Gasteiger partial charge in [-0.05, 0) is 44.2 Å². The summed E-state index contributed by atoms with van der Waals surface area (Å²) in [6, 6.07) is 4.57. The van der Waals surface area contributed by atoms with Gasteiger partial charge in [-0.1, -0.05) is 29.1 Å². The Morgan fingerprint density at radius 2 is 1.87 bits per heavy atom. The molecule has 31 heavy (non-hydrogen) atoms. The third kappa shape index (κ3) is 5.81. The molecule has 0 unspecified atom stereocenters. The molecule has 11 heteroatoms. The van der Waals surface area contributed by atoms with E-state index in [1.54, 1.807) is 0 Å². The number of ether oxygens (including phenoxy) is 1. The van der Waals surface area contributed by atoms with Crippen LogP contribution in [0, 0.1) is 13.8 Å². The van der Waals surface area contributed by atoms with Crippen LogP contribution < -0.4 is 0 Å². The first-order valence-electron chi connectivity index (χ1n) is 9.21. The van der Waals surface area contributed by atoms with Crippen LogP contribution in [-0.4, -0.2) is 32.3 Å². The van der Waals surface area contributed by atoms with Gasteiger partial charge in [-0.2, -0.15) is 18.2 Å². The maximum Gasteiger partial charge on any atom is 0.416 e. The van der Waals surface area contributed by atoms with Crippen LogP contribution >= 0.6 is 11.8 Å². The summed E-state index contributed by atoms with van der Waals surface area (Å²) in [5.41, 5.74) is 1.85. The van der Waals surface area contributed by atoms with Crippen molar-refractivity contribution in [3.8, 4) is 11.4 Å². The highest BCUT2D eigenvalue weighted by atomic mass is 32.2. The average molecular weight is 452 g/mol. The van der Waals surface area contributed by atoms with Crippen LogP contribution in [0.2, 0.25) is 0 Å². The number of rotatable bonds is 7. The van der Waals surface area contributed by atoms with Gasteiger partial charge in [-0.25, -0.2) is 9.97 Å². The summed E-state index contributed by atoms with van der Waals surface area (Å²) >= 11 is 1.45. The van der Waals surface area contributed by atoms with E-state index in [-0.39, 0.29) is 30.3 Å². The molecule has 0 atom stereocenters. The third-order valence-corrected chi connectivity index (χ3v) is 4.98. The van der Waals surface area contributed by atoms with Gasteiger partial charge in [0.15, 0.2) is 11.8 Å². The minimum atomic E-state index is -4.48. The van der Waals surface area contributed by atoms with E-state index in [0.717, 1.165) is 29.1 Å². The molecule has 1 aromatic carbocycles. The largest absolute Gasteiger partial charge is 0.456 e. The number of carbonyl (C=O) groups is 1. The van der Waals surface area contributed by atoms with Crippen molar-refractivity contribution < 1.29 is 27.2 Å². The number of alkyl halides is 3. The normalized spacial score (nSPS) is 11.5. The van der Waals surface area contributed by atoms with Crippen LogP contribution in [0.15, 0.2) is 33.9 Å². The fourth-order valence-electron chi connectivity index (χ4n) is 2.87. The molecule has 2 heterocycles. The number of hydrogen-bond acceptors (Lipinski definition) is 8. The zero-order chi connectivity index (χ0) is 22.6. The first-order valence-corrected chi connectivity index (χ1v) is 10.4. The first-order chi connectivity index (χ1) is 14.7. The summed E-state index contributed by atoms with van der Waals surface area (Å²) < 4.78 is 48.7. The quantitative estimate of drug-likeness (QED) is 0.293. The number of hydrogen-bond donors (Lipinski definition) is 0. The van der Waals surface area contributed by atoms with Gasteiger partial charge in [-0.3, -0.25) is 4.79 Å². The molecule has 0 fully saturated rings. The highest BCUT2D eigenvalue weighted by Crippen LogP contribution is 2.31. The Bertz CT molecular complexity index is 1060.